The van der Waals surface area contributed by atoms with Gasteiger partial charge >= 0.3 is 0 Å². The molecule has 28 heavy (non-hydrogen) atoms. The van der Waals surface area contributed by atoms with E-state index in [9.17, 15) is 14.7 Å². The van der Waals surface area contributed by atoms with Crippen LogP contribution in [0.1, 0.15) is 47.8 Å². The Kier molecular flexibility index (Phi) is 4.81. The first-order chi connectivity index (χ1) is 13.6. The van der Waals surface area contributed by atoms with Crippen LogP contribution >= 0.6 is 0 Å². The zero-order valence-electron chi connectivity index (χ0n) is 15.9. The summed E-state index contributed by atoms with van der Waals surface area (Å²) in [6.45, 7) is 0.0266. The lowest BCUT2D eigenvalue weighted by Crippen LogP contribution is -2.42. The Labute approximate surface area is 163 Å². The minimum atomic E-state index is -0.366. The molecule has 3 aromatic rings. The molecule has 2 heterocycles. The molecule has 1 atom stereocenters. The van der Waals surface area contributed by atoms with Crippen molar-refractivity contribution < 1.29 is 9.90 Å². The first-order valence-corrected chi connectivity index (χ1v) is 9.69. The van der Waals surface area contributed by atoms with E-state index in [-0.39, 0.29) is 29.5 Å². The SMILES string of the molecule is Cn1ccc2c(C(=O)NC(c3ccccc3)C3(CO)CCCC3)[nH]cc2c1=O. The van der Waals surface area contributed by atoms with Crippen molar-refractivity contribution in [1.82, 2.24) is 14.9 Å². The average molecular weight is 379 g/mol. The van der Waals surface area contributed by atoms with Crippen molar-refractivity contribution in [3.8, 4) is 0 Å². The molecule has 2 aromatic heterocycles. The number of H-pyrrole nitrogens is 1. The number of fused-ring (bicyclic) bond motifs is 1. The second-order valence-electron chi connectivity index (χ2n) is 7.77. The molecule has 0 bridgehead atoms. The fourth-order valence-corrected chi connectivity index (χ4v) is 4.47. The minimum Gasteiger partial charge on any atom is -0.396 e. The summed E-state index contributed by atoms with van der Waals surface area (Å²) in [4.78, 5) is 28.4. The highest BCUT2D eigenvalue weighted by Gasteiger charge is 2.42. The maximum absolute atomic E-state index is 13.2. The van der Waals surface area contributed by atoms with Crippen LogP contribution < -0.4 is 10.9 Å². The number of rotatable bonds is 5. The van der Waals surface area contributed by atoms with E-state index in [0.717, 1.165) is 31.2 Å². The van der Waals surface area contributed by atoms with E-state index < -0.39 is 0 Å². The van der Waals surface area contributed by atoms with E-state index in [4.69, 9.17) is 0 Å². The molecule has 3 N–H and O–H groups in total. The molecule has 1 amide bonds. The summed E-state index contributed by atoms with van der Waals surface area (Å²) in [5.74, 6) is -0.267. The highest BCUT2D eigenvalue weighted by Crippen LogP contribution is 2.47. The number of aryl methyl sites for hydroxylation is 1. The molecule has 1 fully saturated rings. The molecular formula is C22H25N3O3. The lowest BCUT2D eigenvalue weighted by molar-refractivity contribution is 0.0697. The highest BCUT2D eigenvalue weighted by atomic mass is 16.3. The lowest BCUT2D eigenvalue weighted by atomic mass is 9.76. The number of nitrogens with zero attached hydrogens (tertiary/aromatic N) is 1. The van der Waals surface area contributed by atoms with Crippen molar-refractivity contribution in [3.05, 3.63) is 70.4 Å². The van der Waals surface area contributed by atoms with Crippen LogP contribution in [0.25, 0.3) is 10.8 Å². The van der Waals surface area contributed by atoms with Crippen molar-refractivity contribution in [2.75, 3.05) is 6.61 Å². The molecule has 1 aliphatic carbocycles. The summed E-state index contributed by atoms with van der Waals surface area (Å²) in [7, 11) is 1.69. The number of aromatic nitrogens is 2. The van der Waals surface area contributed by atoms with Crippen molar-refractivity contribution in [3.63, 3.8) is 0 Å². The summed E-state index contributed by atoms with van der Waals surface area (Å²) >= 11 is 0. The summed E-state index contributed by atoms with van der Waals surface area (Å²) in [5.41, 5.74) is 0.851. The van der Waals surface area contributed by atoms with Gasteiger partial charge in [-0.2, -0.15) is 0 Å². The van der Waals surface area contributed by atoms with Gasteiger partial charge in [0.1, 0.15) is 5.69 Å². The normalized spacial score (nSPS) is 16.9. The molecule has 1 aliphatic rings. The number of amides is 1. The molecule has 0 aliphatic heterocycles. The number of pyridine rings is 1. The van der Waals surface area contributed by atoms with E-state index in [2.05, 4.69) is 10.3 Å². The van der Waals surface area contributed by atoms with Gasteiger partial charge in [0.25, 0.3) is 11.5 Å². The predicted molar refractivity (Wildman–Crippen MR) is 108 cm³/mol. The predicted octanol–water partition coefficient (Wildman–Crippen LogP) is 2.89. The summed E-state index contributed by atoms with van der Waals surface area (Å²) in [5, 5.41) is 14.5. The van der Waals surface area contributed by atoms with Crippen LogP contribution in [0.2, 0.25) is 0 Å². The Hall–Kier alpha value is -2.86. The molecule has 6 nitrogen and oxygen atoms in total. The first kappa shape index (κ1) is 18.5. The fourth-order valence-electron chi connectivity index (χ4n) is 4.47. The van der Waals surface area contributed by atoms with E-state index in [0.29, 0.717) is 16.5 Å². The number of hydrogen-bond acceptors (Lipinski definition) is 3. The maximum atomic E-state index is 13.2. The quantitative estimate of drug-likeness (QED) is 0.637. The number of benzene rings is 1. The molecule has 6 heteroatoms. The van der Waals surface area contributed by atoms with E-state index in [1.54, 1.807) is 25.5 Å². The number of carbonyl (C=O) groups excluding carboxylic acids is 1. The number of carbonyl (C=O) groups is 1. The van der Waals surface area contributed by atoms with Crippen LogP contribution in [-0.2, 0) is 7.05 Å². The van der Waals surface area contributed by atoms with E-state index in [1.165, 1.54) is 4.57 Å². The van der Waals surface area contributed by atoms with Crippen LogP contribution in [-0.4, -0.2) is 27.2 Å². The standard InChI is InChI=1S/C22H25N3O3/c1-25-12-9-16-17(21(25)28)13-23-18(16)20(27)24-19(15-7-3-2-4-8-15)22(14-26)10-5-6-11-22/h2-4,7-9,12-13,19,23,26H,5-6,10-11,14H2,1H3,(H,24,27). The van der Waals surface area contributed by atoms with Gasteiger partial charge in [0.15, 0.2) is 0 Å². The van der Waals surface area contributed by atoms with Crippen LogP contribution in [0.4, 0.5) is 0 Å². The Morgan fingerprint density at radius 1 is 1.21 bits per heavy atom. The Balaban J connectivity index is 1.72. The lowest BCUT2D eigenvalue weighted by Gasteiger charge is -2.37. The molecule has 1 aromatic carbocycles. The summed E-state index contributed by atoms with van der Waals surface area (Å²) < 4.78 is 1.49. The van der Waals surface area contributed by atoms with Crippen molar-refractivity contribution in [2.24, 2.45) is 12.5 Å². The highest BCUT2D eigenvalue weighted by molar-refractivity contribution is 6.05. The number of aromatic amines is 1. The maximum Gasteiger partial charge on any atom is 0.268 e. The first-order valence-electron chi connectivity index (χ1n) is 9.69. The monoisotopic (exact) mass is 379 g/mol. The zero-order valence-corrected chi connectivity index (χ0v) is 15.9. The molecule has 0 radical (unpaired) electrons. The van der Waals surface area contributed by atoms with Crippen molar-refractivity contribution in [1.29, 1.82) is 0 Å². The second kappa shape index (κ2) is 7.28. The third kappa shape index (κ3) is 3.03. The van der Waals surface area contributed by atoms with Crippen LogP contribution in [0.5, 0.6) is 0 Å². The Morgan fingerprint density at radius 3 is 2.61 bits per heavy atom. The minimum absolute atomic E-state index is 0.0266. The number of aliphatic hydroxyl groups is 1. The van der Waals surface area contributed by atoms with E-state index >= 15 is 0 Å². The average Bonchev–Trinajstić information content (AvgIpc) is 3.37. The number of nitrogens with one attached hydrogen (secondary N) is 2. The van der Waals surface area contributed by atoms with Gasteiger partial charge in [-0.25, -0.2) is 0 Å². The molecule has 1 saturated carbocycles. The van der Waals surface area contributed by atoms with Gasteiger partial charge in [-0.05, 0) is 24.5 Å². The molecule has 0 saturated heterocycles. The van der Waals surface area contributed by atoms with Gasteiger partial charge < -0.3 is 20.0 Å². The Morgan fingerprint density at radius 2 is 1.93 bits per heavy atom. The second-order valence-corrected chi connectivity index (χ2v) is 7.77. The number of aliphatic hydroxyl groups excluding tert-OH is 1. The number of hydrogen-bond donors (Lipinski definition) is 3. The van der Waals surface area contributed by atoms with Gasteiger partial charge in [-0.15, -0.1) is 0 Å². The van der Waals surface area contributed by atoms with Gasteiger partial charge in [-0.1, -0.05) is 43.2 Å². The van der Waals surface area contributed by atoms with Gasteiger partial charge in [0.05, 0.1) is 18.0 Å². The van der Waals surface area contributed by atoms with Crippen molar-refractivity contribution >= 4 is 16.7 Å². The largest absolute Gasteiger partial charge is 0.396 e. The summed E-state index contributed by atoms with van der Waals surface area (Å²) in [6.07, 6.45) is 7.07. The third-order valence-corrected chi connectivity index (χ3v) is 6.10. The fraction of sp³-hybridized carbons (Fsp3) is 0.364. The molecule has 146 valence electrons. The van der Waals surface area contributed by atoms with Gasteiger partial charge in [-0.3, -0.25) is 9.59 Å². The molecule has 1 unspecified atom stereocenters. The van der Waals surface area contributed by atoms with Crippen molar-refractivity contribution in [2.45, 2.75) is 31.7 Å². The van der Waals surface area contributed by atoms with Crippen LogP contribution in [0.3, 0.4) is 0 Å². The van der Waals surface area contributed by atoms with Gasteiger partial charge in [0, 0.05) is 30.2 Å². The van der Waals surface area contributed by atoms with Crippen LogP contribution in [0, 0.1) is 5.41 Å². The van der Waals surface area contributed by atoms with Crippen LogP contribution in [0.15, 0.2) is 53.6 Å². The molecule has 4 rings (SSSR count). The third-order valence-electron chi connectivity index (χ3n) is 6.10. The topological polar surface area (TPSA) is 87.1 Å². The smallest absolute Gasteiger partial charge is 0.268 e. The molecular weight excluding hydrogens is 354 g/mol. The molecule has 0 spiro atoms. The van der Waals surface area contributed by atoms with Gasteiger partial charge in [0.2, 0.25) is 0 Å². The van der Waals surface area contributed by atoms with E-state index in [1.807, 2.05) is 30.3 Å². The zero-order chi connectivity index (χ0) is 19.7. The summed E-state index contributed by atoms with van der Waals surface area (Å²) in [6, 6.07) is 11.3. The Bertz CT molecular complexity index is 1050.